The van der Waals surface area contributed by atoms with E-state index < -0.39 is 16.3 Å². The number of carbonyl (C=O) groups is 1. The number of ether oxygens (including phenoxy) is 2. The molecule has 0 radical (unpaired) electrons. The first kappa shape index (κ1) is 14.6. The van der Waals surface area contributed by atoms with Crippen LogP contribution in [0.5, 0.6) is 5.75 Å². The number of nitrogens with one attached hydrogen (secondary N) is 2. The highest BCUT2D eigenvalue weighted by atomic mass is 32.2. The lowest BCUT2D eigenvalue weighted by atomic mass is 10.3. The van der Waals surface area contributed by atoms with E-state index in [1.54, 1.807) is 10.8 Å². The highest BCUT2D eigenvalue weighted by molar-refractivity contribution is 7.91. The predicted molar refractivity (Wildman–Crippen MR) is 65.6 cm³/mol. The van der Waals surface area contributed by atoms with Crippen molar-refractivity contribution >= 4 is 22.0 Å². The van der Waals surface area contributed by atoms with Crippen molar-refractivity contribution in [3.05, 3.63) is 24.3 Å². The fraction of sp³-hybridized carbons (Fsp3) is 0.200. The molecule has 0 aliphatic heterocycles. The van der Waals surface area contributed by atoms with Gasteiger partial charge < -0.3 is 9.47 Å². The Morgan fingerprint density at radius 1 is 1.37 bits per heavy atom. The normalized spacial score (nSPS) is 10.1. The molecule has 0 atom stereocenters. The highest BCUT2D eigenvalue weighted by Crippen LogP contribution is 2.16. The largest absolute Gasteiger partial charge is 0.479 e. The maximum Gasteiger partial charge on any atom is 0.422 e. The van der Waals surface area contributed by atoms with Gasteiger partial charge in [-0.15, -0.1) is 0 Å². The fourth-order valence-corrected chi connectivity index (χ4v) is 1.87. The molecule has 2 N–H and O–H groups in total. The maximum atomic E-state index is 11.4. The Balaban J connectivity index is 2.67. The van der Waals surface area contributed by atoms with Gasteiger partial charge in [0, 0.05) is 0 Å². The van der Waals surface area contributed by atoms with E-state index in [4.69, 9.17) is 10.00 Å². The number of nitriles is 1. The Hall–Kier alpha value is -2.47. The summed E-state index contributed by atoms with van der Waals surface area (Å²) in [6, 6.07) is 7.60. The summed E-state index contributed by atoms with van der Waals surface area (Å²) in [4.78, 5) is 10.8. The molecule has 0 spiro atoms. The Kier molecular flexibility index (Phi) is 4.96. The van der Waals surface area contributed by atoms with E-state index >= 15 is 0 Å². The summed E-state index contributed by atoms with van der Waals surface area (Å²) in [7, 11) is -3.00. The molecular formula is C10H11N3O5S. The molecule has 1 aromatic carbocycles. The van der Waals surface area contributed by atoms with E-state index in [9.17, 15) is 13.2 Å². The van der Waals surface area contributed by atoms with Gasteiger partial charge in [-0.1, -0.05) is 0 Å². The van der Waals surface area contributed by atoms with E-state index in [1.165, 1.54) is 24.3 Å². The van der Waals surface area contributed by atoms with Crippen LogP contribution in [0.4, 0.5) is 10.5 Å². The van der Waals surface area contributed by atoms with Gasteiger partial charge in [-0.2, -0.15) is 13.7 Å². The van der Waals surface area contributed by atoms with Crippen molar-refractivity contribution in [2.75, 3.05) is 18.4 Å². The Morgan fingerprint density at radius 2 is 2.00 bits per heavy atom. The lowest BCUT2D eigenvalue weighted by molar-refractivity contribution is 0.177. The molecule has 0 aliphatic rings. The van der Waals surface area contributed by atoms with Gasteiger partial charge in [-0.3, -0.25) is 4.72 Å². The van der Waals surface area contributed by atoms with E-state index in [0.717, 1.165) is 7.11 Å². The van der Waals surface area contributed by atoms with Gasteiger partial charge in [0.05, 0.1) is 12.8 Å². The molecule has 19 heavy (non-hydrogen) atoms. The van der Waals surface area contributed by atoms with Crippen molar-refractivity contribution in [3.8, 4) is 11.8 Å². The van der Waals surface area contributed by atoms with Crippen molar-refractivity contribution in [1.82, 2.24) is 4.72 Å². The van der Waals surface area contributed by atoms with Crippen LogP contribution in [-0.4, -0.2) is 28.2 Å². The van der Waals surface area contributed by atoms with Crippen LogP contribution in [0.25, 0.3) is 0 Å². The summed E-state index contributed by atoms with van der Waals surface area (Å²) in [6.07, 6.45) is -1.10. The molecule has 0 heterocycles. The van der Waals surface area contributed by atoms with Gasteiger partial charge in [-0.05, 0) is 24.3 Å². The van der Waals surface area contributed by atoms with Crippen LogP contribution in [0, 0.1) is 11.3 Å². The number of hydrogen-bond acceptors (Lipinski definition) is 6. The number of amides is 1. The number of nitrogens with zero attached hydrogens (tertiary/aromatic N) is 1. The van der Waals surface area contributed by atoms with Crippen LogP contribution in [0.2, 0.25) is 0 Å². The number of methoxy groups -OCH3 is 1. The van der Waals surface area contributed by atoms with Crippen LogP contribution in [0.15, 0.2) is 24.3 Å². The summed E-state index contributed by atoms with van der Waals surface area (Å²) in [5, 5.41) is 8.32. The average Bonchev–Trinajstić information content (AvgIpc) is 2.37. The van der Waals surface area contributed by atoms with Gasteiger partial charge in [-0.25, -0.2) is 9.52 Å². The molecule has 102 valence electrons. The van der Waals surface area contributed by atoms with Crippen molar-refractivity contribution in [2.24, 2.45) is 0 Å². The van der Waals surface area contributed by atoms with Crippen LogP contribution >= 0.6 is 0 Å². The van der Waals surface area contributed by atoms with Crippen LogP contribution in [0.1, 0.15) is 0 Å². The number of benzene rings is 1. The number of carbonyl (C=O) groups excluding carboxylic acids is 1. The first-order valence-electron chi connectivity index (χ1n) is 4.95. The minimum absolute atomic E-state index is 0.102. The highest BCUT2D eigenvalue weighted by Gasteiger charge is 2.14. The number of hydrogen-bond donors (Lipinski definition) is 2. The quantitative estimate of drug-likeness (QED) is 0.818. The van der Waals surface area contributed by atoms with Crippen molar-refractivity contribution in [3.63, 3.8) is 0 Å². The van der Waals surface area contributed by atoms with Gasteiger partial charge in [0.15, 0.2) is 6.61 Å². The topological polar surface area (TPSA) is 118 Å². The van der Waals surface area contributed by atoms with E-state index in [2.05, 4.69) is 9.46 Å². The second-order valence-electron chi connectivity index (χ2n) is 3.17. The van der Waals surface area contributed by atoms with Crippen LogP contribution in [0.3, 0.4) is 0 Å². The van der Waals surface area contributed by atoms with Gasteiger partial charge in [0.2, 0.25) is 0 Å². The molecule has 1 rings (SSSR count). The van der Waals surface area contributed by atoms with E-state index in [0.29, 0.717) is 5.75 Å². The van der Waals surface area contributed by atoms with Crippen molar-refractivity contribution < 1.29 is 22.7 Å². The summed E-state index contributed by atoms with van der Waals surface area (Å²) >= 11 is 0. The third-order valence-corrected chi connectivity index (χ3v) is 2.75. The molecule has 0 aromatic heterocycles. The molecule has 0 saturated heterocycles. The number of anilines is 1. The first-order chi connectivity index (χ1) is 8.96. The summed E-state index contributed by atoms with van der Waals surface area (Å²) in [6.45, 7) is -0.102. The second kappa shape index (κ2) is 6.46. The zero-order valence-corrected chi connectivity index (χ0v) is 10.7. The molecule has 0 saturated carbocycles. The second-order valence-corrected chi connectivity index (χ2v) is 4.59. The van der Waals surface area contributed by atoms with Gasteiger partial charge >= 0.3 is 16.3 Å². The summed E-state index contributed by atoms with van der Waals surface area (Å²) in [5.41, 5.74) is 0.223. The average molecular weight is 285 g/mol. The molecule has 8 nitrogen and oxygen atoms in total. The third-order valence-electron chi connectivity index (χ3n) is 1.81. The molecule has 1 aromatic rings. The lowest BCUT2D eigenvalue weighted by Crippen LogP contribution is -2.35. The predicted octanol–water partition coefficient (Wildman–Crippen LogP) is 0.602. The molecule has 0 aliphatic carbocycles. The zero-order chi connectivity index (χ0) is 14.3. The van der Waals surface area contributed by atoms with Crippen LogP contribution < -0.4 is 14.2 Å². The van der Waals surface area contributed by atoms with E-state index in [-0.39, 0.29) is 12.3 Å². The van der Waals surface area contributed by atoms with E-state index in [1.807, 2.05) is 0 Å². The monoisotopic (exact) mass is 285 g/mol. The third kappa shape index (κ3) is 5.13. The number of rotatable bonds is 5. The SMILES string of the molecule is COC(=O)NS(=O)(=O)Nc1ccc(OCC#N)cc1. The fourth-order valence-electron chi connectivity index (χ4n) is 1.07. The summed E-state index contributed by atoms with van der Waals surface area (Å²) < 4.78 is 35.8. The van der Waals surface area contributed by atoms with Crippen molar-refractivity contribution in [2.45, 2.75) is 0 Å². The Morgan fingerprint density at radius 3 is 2.53 bits per heavy atom. The Bertz CT molecular complexity index is 576. The smallest absolute Gasteiger partial charge is 0.422 e. The molecule has 0 unspecified atom stereocenters. The minimum atomic E-state index is -4.04. The summed E-state index contributed by atoms with van der Waals surface area (Å²) in [5.74, 6) is 0.422. The molecule has 1 amide bonds. The van der Waals surface area contributed by atoms with Crippen molar-refractivity contribution in [1.29, 1.82) is 5.26 Å². The van der Waals surface area contributed by atoms with Crippen LogP contribution in [-0.2, 0) is 14.9 Å². The molecule has 9 heteroatoms. The first-order valence-corrected chi connectivity index (χ1v) is 6.43. The Labute approximate surface area is 110 Å². The zero-order valence-electron chi connectivity index (χ0n) is 9.91. The lowest BCUT2D eigenvalue weighted by Gasteiger charge is -2.09. The maximum absolute atomic E-state index is 11.4. The minimum Gasteiger partial charge on any atom is -0.479 e. The van der Waals surface area contributed by atoms with Gasteiger partial charge in [0.1, 0.15) is 11.8 Å². The molecule has 0 bridgehead atoms. The standard InChI is InChI=1S/C10H11N3O5S/c1-17-10(14)13-19(15,16)12-8-2-4-9(5-3-8)18-7-6-11/h2-5,12H,7H2,1H3,(H,13,14). The molecule has 0 fully saturated rings. The van der Waals surface area contributed by atoms with Gasteiger partial charge in [0.25, 0.3) is 0 Å². The molecular weight excluding hydrogens is 274 g/mol.